The Morgan fingerprint density at radius 2 is 1.90 bits per heavy atom. The molecule has 31 heavy (non-hydrogen) atoms. The second kappa shape index (κ2) is 9.69. The summed E-state index contributed by atoms with van der Waals surface area (Å²) in [5.74, 6) is 0.513. The van der Waals surface area contributed by atoms with Crippen molar-refractivity contribution in [3.8, 4) is 0 Å². The number of carbonyl (C=O) groups excluding carboxylic acids is 1. The van der Waals surface area contributed by atoms with Crippen molar-refractivity contribution in [2.75, 3.05) is 5.75 Å². The number of para-hydroxylation sites is 1. The van der Waals surface area contributed by atoms with Crippen LogP contribution in [0.25, 0.3) is 10.2 Å². The summed E-state index contributed by atoms with van der Waals surface area (Å²) in [4.78, 5) is 16.2. The zero-order chi connectivity index (χ0) is 22.6. The van der Waals surface area contributed by atoms with Crippen molar-refractivity contribution in [1.29, 1.82) is 0 Å². The summed E-state index contributed by atoms with van der Waals surface area (Å²) in [6.07, 6.45) is 6.41. The van der Waals surface area contributed by atoms with Crippen LogP contribution in [0.15, 0.2) is 40.3 Å². The van der Waals surface area contributed by atoms with Gasteiger partial charge < -0.3 is 10.1 Å². The Morgan fingerprint density at radius 3 is 2.55 bits per heavy atom. The topological polar surface area (TPSA) is 85.4 Å². The molecule has 170 valence electrons. The number of amides is 1. The van der Waals surface area contributed by atoms with E-state index in [4.69, 9.17) is 4.74 Å². The minimum absolute atomic E-state index is 0.00235. The number of ether oxygens (including phenoxy) is 1. The van der Waals surface area contributed by atoms with Crippen molar-refractivity contribution in [1.82, 2.24) is 10.3 Å². The number of nitrogens with one attached hydrogen (secondary N) is 1. The number of aromatic nitrogens is 1. The molecule has 1 fully saturated rings. The van der Waals surface area contributed by atoms with Gasteiger partial charge in [-0.15, -0.1) is 11.3 Å². The van der Waals surface area contributed by atoms with Crippen LogP contribution in [0.1, 0.15) is 59.8 Å². The summed E-state index contributed by atoms with van der Waals surface area (Å²) in [6.45, 7) is 7.44. The highest BCUT2D eigenvalue weighted by Gasteiger charge is 2.25. The van der Waals surface area contributed by atoms with E-state index in [-0.39, 0.29) is 22.2 Å². The van der Waals surface area contributed by atoms with Crippen molar-refractivity contribution in [3.63, 3.8) is 0 Å². The zero-order valence-electron chi connectivity index (χ0n) is 18.7. The van der Waals surface area contributed by atoms with E-state index < -0.39 is 15.4 Å². The lowest BCUT2D eigenvalue weighted by atomic mass is 9.84. The summed E-state index contributed by atoms with van der Waals surface area (Å²) in [6, 6.07) is 7.63. The van der Waals surface area contributed by atoms with Gasteiger partial charge in [-0.05, 0) is 77.8 Å². The van der Waals surface area contributed by atoms with E-state index in [0.29, 0.717) is 5.92 Å². The van der Waals surface area contributed by atoms with Crippen LogP contribution in [0.4, 0.5) is 4.79 Å². The van der Waals surface area contributed by atoms with Crippen LogP contribution in [0.5, 0.6) is 0 Å². The molecule has 1 heterocycles. The van der Waals surface area contributed by atoms with Gasteiger partial charge in [0.05, 0.1) is 16.0 Å². The number of allylic oxidation sites excluding steroid dienone is 1. The second-order valence-electron chi connectivity index (χ2n) is 9.36. The summed E-state index contributed by atoms with van der Waals surface area (Å²) >= 11 is 1.23. The van der Waals surface area contributed by atoms with Gasteiger partial charge in [-0.3, -0.25) is 0 Å². The number of fused-ring (bicyclic) bond motifs is 1. The number of thiazole rings is 1. The normalized spacial score (nSPS) is 20.6. The Labute approximate surface area is 189 Å². The van der Waals surface area contributed by atoms with E-state index in [1.165, 1.54) is 11.3 Å². The SMILES string of the molecule is CC(=CCC1CCC(NC(=O)OC(C)(C)C)CC1)CS(=O)(=O)c1nc2ccccc2s1. The Hall–Kier alpha value is -1.93. The molecule has 1 saturated carbocycles. The molecule has 0 radical (unpaired) electrons. The second-order valence-corrected chi connectivity index (χ2v) is 12.6. The number of benzene rings is 1. The Kier molecular flexibility index (Phi) is 7.42. The van der Waals surface area contributed by atoms with Crippen molar-refractivity contribution in [2.24, 2.45) is 5.92 Å². The lowest BCUT2D eigenvalue weighted by molar-refractivity contribution is 0.0487. The minimum Gasteiger partial charge on any atom is -0.444 e. The lowest BCUT2D eigenvalue weighted by Crippen LogP contribution is -2.40. The largest absolute Gasteiger partial charge is 0.444 e. The third-order valence-electron chi connectivity index (χ3n) is 5.33. The number of sulfone groups is 1. The van der Waals surface area contributed by atoms with Gasteiger partial charge in [-0.25, -0.2) is 18.2 Å². The first-order valence-corrected chi connectivity index (χ1v) is 13.2. The van der Waals surface area contributed by atoms with Crippen LogP contribution < -0.4 is 5.32 Å². The number of carbonyl (C=O) groups is 1. The molecule has 6 nitrogen and oxygen atoms in total. The molecule has 1 N–H and O–H groups in total. The molecule has 0 unspecified atom stereocenters. The third-order valence-corrected chi connectivity index (χ3v) is 8.63. The summed E-state index contributed by atoms with van der Waals surface area (Å²) < 4.78 is 31.9. The van der Waals surface area contributed by atoms with E-state index >= 15 is 0 Å². The fraction of sp³-hybridized carbons (Fsp3) is 0.565. The van der Waals surface area contributed by atoms with Gasteiger partial charge >= 0.3 is 6.09 Å². The Morgan fingerprint density at radius 1 is 1.23 bits per heavy atom. The summed E-state index contributed by atoms with van der Waals surface area (Å²) in [5.41, 5.74) is 1.09. The van der Waals surface area contributed by atoms with E-state index in [1.807, 2.05) is 52.0 Å². The molecule has 0 bridgehead atoms. The molecule has 0 saturated heterocycles. The van der Waals surface area contributed by atoms with Crippen molar-refractivity contribution >= 4 is 37.5 Å². The van der Waals surface area contributed by atoms with Crippen molar-refractivity contribution < 1.29 is 17.9 Å². The van der Waals surface area contributed by atoms with Crippen molar-refractivity contribution in [2.45, 2.75) is 75.8 Å². The maximum Gasteiger partial charge on any atom is 0.407 e. The molecule has 1 aromatic heterocycles. The molecule has 0 atom stereocenters. The Bertz CT molecular complexity index is 1010. The molecule has 1 aliphatic rings. The fourth-order valence-electron chi connectivity index (χ4n) is 3.79. The quantitative estimate of drug-likeness (QED) is 0.571. The van der Waals surface area contributed by atoms with E-state index in [0.717, 1.165) is 47.9 Å². The highest BCUT2D eigenvalue weighted by molar-refractivity contribution is 7.93. The number of nitrogens with zero attached hydrogens (tertiary/aromatic N) is 1. The molecule has 2 aromatic rings. The van der Waals surface area contributed by atoms with Crippen molar-refractivity contribution in [3.05, 3.63) is 35.9 Å². The monoisotopic (exact) mass is 464 g/mol. The van der Waals surface area contributed by atoms with E-state index in [1.54, 1.807) is 0 Å². The predicted molar refractivity (Wildman–Crippen MR) is 125 cm³/mol. The maximum absolute atomic E-state index is 12.8. The van der Waals surface area contributed by atoms with Crippen LogP contribution in [0.3, 0.4) is 0 Å². The highest BCUT2D eigenvalue weighted by Crippen LogP contribution is 2.29. The van der Waals surface area contributed by atoms with E-state index in [2.05, 4.69) is 16.4 Å². The van der Waals surface area contributed by atoms with E-state index in [9.17, 15) is 13.2 Å². The minimum atomic E-state index is -3.43. The highest BCUT2D eigenvalue weighted by atomic mass is 32.2. The van der Waals surface area contributed by atoms with Gasteiger partial charge in [0.2, 0.25) is 14.2 Å². The zero-order valence-corrected chi connectivity index (χ0v) is 20.3. The molecule has 3 rings (SSSR count). The Balaban J connectivity index is 1.48. The maximum atomic E-state index is 12.8. The average Bonchev–Trinajstić information content (AvgIpc) is 3.11. The molecule has 1 aliphatic carbocycles. The first-order valence-electron chi connectivity index (χ1n) is 10.8. The molecular weight excluding hydrogens is 432 g/mol. The number of hydrogen-bond donors (Lipinski definition) is 1. The van der Waals surface area contributed by atoms with Crippen LogP contribution >= 0.6 is 11.3 Å². The summed E-state index contributed by atoms with van der Waals surface area (Å²) in [5, 5.41) is 2.96. The molecule has 0 spiro atoms. The molecule has 1 amide bonds. The molecule has 0 aliphatic heterocycles. The molecule has 8 heteroatoms. The first-order chi connectivity index (χ1) is 14.5. The number of hydrogen-bond acceptors (Lipinski definition) is 6. The van der Waals surface area contributed by atoms with Gasteiger partial charge in [0.1, 0.15) is 5.60 Å². The third kappa shape index (κ3) is 7.04. The van der Waals surface area contributed by atoms with Crippen LogP contribution in [0, 0.1) is 5.92 Å². The lowest BCUT2D eigenvalue weighted by Gasteiger charge is -2.29. The van der Waals surface area contributed by atoms with Gasteiger partial charge in [-0.1, -0.05) is 23.8 Å². The van der Waals surface area contributed by atoms with Crippen LogP contribution in [-0.4, -0.2) is 36.9 Å². The van der Waals surface area contributed by atoms with Gasteiger partial charge in [0.15, 0.2) is 0 Å². The standard InChI is InChI=1S/C23H32N2O4S2/c1-16(15-31(27,28)22-25-19-7-5-6-8-20(19)30-22)9-10-17-11-13-18(14-12-17)24-21(26)29-23(2,3)4/h5-9,17-18H,10-15H2,1-4H3,(H,24,26). The number of alkyl carbamates (subject to hydrolysis) is 1. The van der Waals surface area contributed by atoms with Gasteiger partial charge in [0.25, 0.3) is 0 Å². The predicted octanol–water partition coefficient (Wildman–Crippen LogP) is 5.49. The molecule has 1 aromatic carbocycles. The van der Waals surface area contributed by atoms with Crippen LogP contribution in [0.2, 0.25) is 0 Å². The van der Waals surface area contributed by atoms with Crippen LogP contribution in [-0.2, 0) is 14.6 Å². The van der Waals surface area contributed by atoms with Gasteiger partial charge in [-0.2, -0.15) is 0 Å². The fourth-order valence-corrected chi connectivity index (χ4v) is 6.52. The first kappa shape index (κ1) is 23.7. The average molecular weight is 465 g/mol. The smallest absolute Gasteiger partial charge is 0.407 e. The summed E-state index contributed by atoms with van der Waals surface area (Å²) in [7, 11) is -3.43. The molecular formula is C23H32N2O4S2. The number of rotatable bonds is 6. The van der Waals surface area contributed by atoms with Gasteiger partial charge in [0, 0.05) is 6.04 Å².